The van der Waals surface area contributed by atoms with Crippen molar-refractivity contribution in [1.29, 1.82) is 0 Å². The van der Waals surface area contributed by atoms with Crippen molar-refractivity contribution >= 4 is 25.6 Å². The molecule has 2 fully saturated rings. The Bertz CT molecular complexity index is 886. The second kappa shape index (κ2) is 6.94. The predicted molar refractivity (Wildman–Crippen MR) is 98.4 cm³/mol. The molecule has 3 rings (SSSR count). The molecule has 1 aromatic carbocycles. The minimum Gasteiger partial charge on any atom is -0.340 e. The molecule has 2 atom stereocenters. The maximum atomic E-state index is 13.1. The van der Waals surface area contributed by atoms with Crippen LogP contribution in [-0.4, -0.2) is 81.5 Å². The van der Waals surface area contributed by atoms with Crippen LogP contribution in [0.3, 0.4) is 0 Å². The Kier molecular flexibility index (Phi) is 5.15. The summed E-state index contributed by atoms with van der Waals surface area (Å²) in [6.45, 7) is 5.32. The molecule has 7 nitrogen and oxygen atoms in total. The maximum absolute atomic E-state index is 13.1. The van der Waals surface area contributed by atoms with Crippen LogP contribution in [0.5, 0.6) is 0 Å². The third kappa shape index (κ3) is 3.79. The molecule has 1 aromatic rings. The van der Waals surface area contributed by atoms with Crippen LogP contribution in [0, 0.1) is 6.92 Å². The number of hydrogen-bond acceptors (Lipinski definition) is 6. The van der Waals surface area contributed by atoms with Crippen molar-refractivity contribution in [2.75, 3.05) is 37.7 Å². The SMILES string of the molecule is CC(=O)N1CCN([C@@H]2CS(=O)(=O)C[C@H]2S(=O)(=O)c2ccc(C)cc2)CC1. The van der Waals surface area contributed by atoms with Crippen molar-refractivity contribution in [3.8, 4) is 0 Å². The molecule has 0 aliphatic carbocycles. The Labute approximate surface area is 154 Å². The number of aryl methyl sites for hydroxylation is 1. The summed E-state index contributed by atoms with van der Waals surface area (Å²) in [7, 11) is -7.18. The molecule has 0 N–H and O–H groups in total. The molecule has 2 aliphatic rings. The average molecular weight is 401 g/mol. The Morgan fingerprint density at radius 2 is 1.62 bits per heavy atom. The fraction of sp³-hybridized carbons (Fsp3) is 0.588. The van der Waals surface area contributed by atoms with Crippen molar-refractivity contribution in [1.82, 2.24) is 9.80 Å². The lowest BCUT2D eigenvalue weighted by molar-refractivity contribution is -0.130. The van der Waals surface area contributed by atoms with Gasteiger partial charge in [0.25, 0.3) is 0 Å². The van der Waals surface area contributed by atoms with Crippen molar-refractivity contribution in [3.05, 3.63) is 29.8 Å². The molecule has 26 heavy (non-hydrogen) atoms. The van der Waals surface area contributed by atoms with Gasteiger partial charge in [-0.1, -0.05) is 17.7 Å². The predicted octanol–water partition coefficient (Wildman–Crippen LogP) is 0.0984. The van der Waals surface area contributed by atoms with Gasteiger partial charge in [-0.15, -0.1) is 0 Å². The van der Waals surface area contributed by atoms with E-state index in [2.05, 4.69) is 0 Å². The van der Waals surface area contributed by atoms with Crippen molar-refractivity contribution in [3.63, 3.8) is 0 Å². The zero-order chi connectivity index (χ0) is 19.1. The van der Waals surface area contributed by atoms with Crippen LogP contribution in [0.15, 0.2) is 29.2 Å². The van der Waals surface area contributed by atoms with Crippen LogP contribution in [0.1, 0.15) is 12.5 Å². The molecular formula is C17H24N2O5S2. The van der Waals surface area contributed by atoms with Crippen LogP contribution in [0.25, 0.3) is 0 Å². The minimum absolute atomic E-state index is 0.0208. The topological polar surface area (TPSA) is 91.8 Å². The number of amides is 1. The second-order valence-corrected chi connectivity index (χ2v) is 11.4. The number of carbonyl (C=O) groups excluding carboxylic acids is 1. The quantitative estimate of drug-likeness (QED) is 0.715. The van der Waals surface area contributed by atoms with Gasteiger partial charge >= 0.3 is 0 Å². The lowest BCUT2D eigenvalue weighted by atomic mass is 10.2. The van der Waals surface area contributed by atoms with E-state index in [0.717, 1.165) is 5.56 Å². The highest BCUT2D eigenvalue weighted by atomic mass is 32.2. The molecule has 0 radical (unpaired) electrons. The van der Waals surface area contributed by atoms with Gasteiger partial charge in [0.15, 0.2) is 19.7 Å². The number of benzene rings is 1. The largest absolute Gasteiger partial charge is 0.340 e. The molecule has 0 spiro atoms. The highest BCUT2D eigenvalue weighted by Gasteiger charge is 2.48. The van der Waals surface area contributed by atoms with E-state index in [1.165, 1.54) is 6.92 Å². The first-order chi connectivity index (χ1) is 12.1. The Balaban J connectivity index is 1.87. The van der Waals surface area contributed by atoms with Gasteiger partial charge in [0.2, 0.25) is 5.91 Å². The smallest absolute Gasteiger partial charge is 0.219 e. The third-order valence-corrected chi connectivity index (χ3v) is 9.38. The van der Waals surface area contributed by atoms with Gasteiger partial charge < -0.3 is 4.90 Å². The summed E-state index contributed by atoms with van der Waals surface area (Å²) in [5.74, 6) is -0.517. The van der Waals surface area contributed by atoms with Crippen molar-refractivity contribution in [2.24, 2.45) is 0 Å². The summed E-state index contributed by atoms with van der Waals surface area (Å²) < 4.78 is 50.7. The highest BCUT2D eigenvalue weighted by molar-refractivity contribution is 7.96. The number of piperazine rings is 1. The normalized spacial score (nSPS) is 26.8. The Hall–Kier alpha value is -1.45. The van der Waals surface area contributed by atoms with Gasteiger partial charge in [-0.3, -0.25) is 9.69 Å². The maximum Gasteiger partial charge on any atom is 0.219 e. The molecule has 2 aliphatic heterocycles. The zero-order valence-electron chi connectivity index (χ0n) is 15.0. The molecule has 0 saturated carbocycles. The van der Waals surface area contributed by atoms with E-state index in [0.29, 0.717) is 26.2 Å². The summed E-state index contributed by atoms with van der Waals surface area (Å²) in [5.41, 5.74) is 0.944. The number of rotatable bonds is 3. The van der Waals surface area contributed by atoms with E-state index >= 15 is 0 Å². The van der Waals surface area contributed by atoms with Gasteiger partial charge in [0.1, 0.15) is 0 Å². The number of sulfone groups is 2. The van der Waals surface area contributed by atoms with Crippen LogP contribution < -0.4 is 0 Å². The number of nitrogens with zero attached hydrogens (tertiary/aromatic N) is 2. The molecule has 9 heteroatoms. The van der Waals surface area contributed by atoms with Crippen LogP contribution in [-0.2, 0) is 24.5 Å². The van der Waals surface area contributed by atoms with Gasteiger partial charge in [-0.2, -0.15) is 0 Å². The molecular weight excluding hydrogens is 376 g/mol. The fourth-order valence-electron chi connectivity index (χ4n) is 3.71. The van der Waals surface area contributed by atoms with Gasteiger partial charge in [0, 0.05) is 39.1 Å². The van der Waals surface area contributed by atoms with Gasteiger partial charge in [-0.05, 0) is 19.1 Å². The van der Waals surface area contributed by atoms with E-state index < -0.39 is 31.0 Å². The number of carbonyl (C=O) groups is 1. The summed E-state index contributed by atoms with van der Waals surface area (Å²) in [6, 6.07) is 5.95. The molecule has 1 amide bonds. The molecule has 0 unspecified atom stereocenters. The average Bonchev–Trinajstić information content (AvgIpc) is 2.92. The summed E-state index contributed by atoms with van der Waals surface area (Å²) >= 11 is 0. The van der Waals surface area contributed by atoms with E-state index in [9.17, 15) is 21.6 Å². The highest BCUT2D eigenvalue weighted by Crippen LogP contribution is 2.29. The number of hydrogen-bond donors (Lipinski definition) is 0. The lowest BCUT2D eigenvalue weighted by Gasteiger charge is -2.39. The van der Waals surface area contributed by atoms with Crippen molar-refractivity contribution < 1.29 is 21.6 Å². The first-order valence-electron chi connectivity index (χ1n) is 8.61. The summed E-state index contributed by atoms with van der Waals surface area (Å²) in [4.78, 5) is 15.3. The Morgan fingerprint density at radius 1 is 1.04 bits per heavy atom. The van der Waals surface area contributed by atoms with Crippen LogP contribution in [0.4, 0.5) is 0 Å². The molecule has 144 valence electrons. The van der Waals surface area contributed by atoms with Crippen LogP contribution >= 0.6 is 0 Å². The second-order valence-electron chi connectivity index (χ2n) is 7.08. The van der Waals surface area contributed by atoms with E-state index in [4.69, 9.17) is 0 Å². The zero-order valence-corrected chi connectivity index (χ0v) is 16.6. The summed E-state index contributed by atoms with van der Waals surface area (Å²) in [5, 5.41) is -0.973. The van der Waals surface area contributed by atoms with Crippen molar-refractivity contribution in [2.45, 2.75) is 30.0 Å². The summed E-state index contributed by atoms with van der Waals surface area (Å²) in [6.07, 6.45) is 0. The van der Waals surface area contributed by atoms with Crippen LogP contribution in [0.2, 0.25) is 0 Å². The third-order valence-electron chi connectivity index (χ3n) is 5.25. The Morgan fingerprint density at radius 3 is 2.15 bits per heavy atom. The first-order valence-corrected chi connectivity index (χ1v) is 12.0. The lowest BCUT2D eigenvalue weighted by Crippen LogP contribution is -2.55. The van der Waals surface area contributed by atoms with Gasteiger partial charge in [-0.25, -0.2) is 16.8 Å². The fourth-order valence-corrected chi connectivity index (χ4v) is 8.53. The van der Waals surface area contributed by atoms with E-state index in [1.54, 1.807) is 29.2 Å². The molecule has 2 heterocycles. The van der Waals surface area contributed by atoms with E-state index in [1.807, 2.05) is 11.8 Å². The van der Waals surface area contributed by atoms with E-state index in [-0.39, 0.29) is 22.3 Å². The minimum atomic E-state index is -3.76. The monoisotopic (exact) mass is 400 g/mol. The molecule has 2 saturated heterocycles. The first kappa shape index (κ1) is 19.3. The standard InChI is InChI=1S/C17H24N2O5S2/c1-13-3-5-15(6-4-13)26(23,24)17-12-25(21,22)11-16(17)19-9-7-18(8-10-19)14(2)20/h3-6,16-17H,7-12H2,1-2H3/t16-,17-/m1/s1. The molecule has 0 aromatic heterocycles. The molecule has 0 bridgehead atoms. The van der Waals surface area contributed by atoms with Gasteiger partial charge in [0.05, 0.1) is 21.7 Å².